The maximum absolute atomic E-state index is 4.54. The van der Waals surface area contributed by atoms with Crippen molar-refractivity contribution in [3.63, 3.8) is 0 Å². The van der Waals surface area contributed by atoms with Gasteiger partial charge in [-0.3, -0.25) is 4.99 Å². The molecule has 0 N–H and O–H groups in total. The van der Waals surface area contributed by atoms with E-state index in [9.17, 15) is 0 Å². The Labute approximate surface area is 99.1 Å². The average molecular weight is 264 g/mol. The van der Waals surface area contributed by atoms with E-state index < -0.39 is 0 Å². The van der Waals surface area contributed by atoms with E-state index in [1.54, 1.807) is 0 Å². The van der Waals surface area contributed by atoms with E-state index in [-0.39, 0.29) is 0 Å². The second-order valence-corrected chi connectivity index (χ2v) is 4.30. The molecule has 1 aliphatic heterocycles. The van der Waals surface area contributed by atoms with Gasteiger partial charge in [-0.2, -0.15) is 0 Å². The number of hydrogen-bond donors (Lipinski definition) is 0. The zero-order valence-electron chi connectivity index (χ0n) is 8.62. The van der Waals surface area contributed by atoms with E-state index >= 15 is 0 Å². The summed E-state index contributed by atoms with van der Waals surface area (Å²) in [5.74, 6) is 0. The van der Waals surface area contributed by atoms with Gasteiger partial charge >= 0.3 is 0 Å². The summed E-state index contributed by atoms with van der Waals surface area (Å²) in [6.45, 7) is 0.850. The molecule has 2 rings (SSSR count). The zero-order valence-corrected chi connectivity index (χ0v) is 10.2. The molecule has 0 bridgehead atoms. The van der Waals surface area contributed by atoms with Gasteiger partial charge in [0.15, 0.2) is 0 Å². The van der Waals surface area contributed by atoms with Crippen LogP contribution in [0.1, 0.15) is 12.0 Å². The number of aliphatic imine (C=N–C) groups is 1. The molecule has 0 fully saturated rings. The fraction of sp³-hybridized carbons (Fsp3) is 0.308. The molecule has 0 saturated heterocycles. The molecule has 2 heteroatoms. The zero-order chi connectivity index (χ0) is 10.5. The van der Waals surface area contributed by atoms with E-state index in [1.807, 2.05) is 0 Å². The first kappa shape index (κ1) is 10.6. The second kappa shape index (κ2) is 5.26. The first-order valence-electron chi connectivity index (χ1n) is 5.18. The summed E-state index contributed by atoms with van der Waals surface area (Å²) in [6.07, 6.45) is 4.23. The fourth-order valence-electron chi connectivity index (χ4n) is 1.75. The lowest BCUT2D eigenvalue weighted by Crippen LogP contribution is -2.10. The number of nitrogens with zero attached hydrogens (tertiary/aromatic N) is 1. The van der Waals surface area contributed by atoms with Gasteiger partial charge in [0.25, 0.3) is 0 Å². The predicted molar refractivity (Wildman–Crippen MR) is 68.9 cm³/mol. The van der Waals surface area contributed by atoms with E-state index in [0.717, 1.165) is 24.7 Å². The molecule has 1 aliphatic rings. The monoisotopic (exact) mass is 263 g/mol. The maximum Gasteiger partial charge on any atom is 0.0572 e. The quantitative estimate of drug-likeness (QED) is 0.586. The van der Waals surface area contributed by atoms with Gasteiger partial charge in [-0.15, -0.1) is 0 Å². The SMILES string of the molecule is BrCC1=CCN=C(Cc2ccccc2)C1. The van der Waals surface area contributed by atoms with Crippen LogP contribution in [0.5, 0.6) is 0 Å². The van der Waals surface area contributed by atoms with Crippen molar-refractivity contribution < 1.29 is 0 Å². The molecule has 0 aliphatic carbocycles. The molecule has 1 aromatic carbocycles. The van der Waals surface area contributed by atoms with Gasteiger partial charge in [-0.25, -0.2) is 0 Å². The van der Waals surface area contributed by atoms with Gasteiger partial charge < -0.3 is 0 Å². The summed E-state index contributed by atoms with van der Waals surface area (Å²) in [7, 11) is 0. The highest BCUT2D eigenvalue weighted by molar-refractivity contribution is 9.09. The fourth-order valence-corrected chi connectivity index (χ4v) is 2.17. The highest BCUT2D eigenvalue weighted by atomic mass is 79.9. The van der Waals surface area contributed by atoms with Crippen LogP contribution in [0.25, 0.3) is 0 Å². The predicted octanol–water partition coefficient (Wildman–Crippen LogP) is 3.40. The molecule has 1 nitrogen and oxygen atoms in total. The highest BCUT2D eigenvalue weighted by Crippen LogP contribution is 2.14. The van der Waals surface area contributed by atoms with Crippen LogP contribution in [0, 0.1) is 0 Å². The summed E-state index contributed by atoms with van der Waals surface area (Å²) in [5, 5.41) is 0.973. The summed E-state index contributed by atoms with van der Waals surface area (Å²) in [5.41, 5.74) is 4.11. The van der Waals surface area contributed by atoms with Crippen LogP contribution in [0.2, 0.25) is 0 Å². The maximum atomic E-state index is 4.54. The van der Waals surface area contributed by atoms with Crippen LogP contribution >= 0.6 is 15.9 Å². The minimum Gasteiger partial charge on any atom is -0.289 e. The largest absolute Gasteiger partial charge is 0.289 e. The van der Waals surface area contributed by atoms with Gasteiger partial charge in [0.1, 0.15) is 0 Å². The molecule has 0 spiro atoms. The summed E-state index contributed by atoms with van der Waals surface area (Å²) in [6, 6.07) is 10.5. The van der Waals surface area contributed by atoms with Crippen LogP contribution in [-0.4, -0.2) is 17.6 Å². The number of halogens is 1. The van der Waals surface area contributed by atoms with E-state index in [2.05, 4.69) is 57.3 Å². The molecule has 78 valence electrons. The molecule has 0 radical (unpaired) electrons. The van der Waals surface area contributed by atoms with E-state index in [1.165, 1.54) is 16.8 Å². The Morgan fingerprint density at radius 2 is 2.00 bits per heavy atom. The Balaban J connectivity index is 1.99. The Morgan fingerprint density at radius 3 is 2.73 bits per heavy atom. The van der Waals surface area contributed by atoms with Crippen molar-refractivity contribution in [3.05, 3.63) is 47.5 Å². The number of hydrogen-bond acceptors (Lipinski definition) is 1. The topological polar surface area (TPSA) is 12.4 Å². The first-order valence-corrected chi connectivity index (χ1v) is 6.30. The Morgan fingerprint density at radius 1 is 1.20 bits per heavy atom. The molecular weight excluding hydrogens is 250 g/mol. The van der Waals surface area contributed by atoms with Crippen LogP contribution in [0.3, 0.4) is 0 Å². The van der Waals surface area contributed by atoms with Crippen LogP contribution in [-0.2, 0) is 6.42 Å². The summed E-state index contributed by atoms with van der Waals surface area (Å²) < 4.78 is 0. The van der Waals surface area contributed by atoms with E-state index in [4.69, 9.17) is 0 Å². The molecule has 15 heavy (non-hydrogen) atoms. The summed E-state index contributed by atoms with van der Waals surface area (Å²) in [4.78, 5) is 4.54. The Hall–Kier alpha value is -0.890. The lowest BCUT2D eigenvalue weighted by atomic mass is 10.0. The second-order valence-electron chi connectivity index (χ2n) is 3.74. The minimum atomic E-state index is 0.850. The van der Waals surface area contributed by atoms with Crippen molar-refractivity contribution in [2.45, 2.75) is 12.8 Å². The lowest BCUT2D eigenvalue weighted by molar-refractivity contribution is 1.06. The first-order chi connectivity index (χ1) is 7.38. The van der Waals surface area contributed by atoms with Crippen molar-refractivity contribution in [2.24, 2.45) is 4.99 Å². The third-order valence-electron chi connectivity index (χ3n) is 2.55. The summed E-state index contributed by atoms with van der Waals surface area (Å²) >= 11 is 3.50. The Bertz CT molecular complexity index is 379. The van der Waals surface area contributed by atoms with Crippen LogP contribution in [0.4, 0.5) is 0 Å². The molecule has 1 aromatic rings. The standard InChI is InChI=1S/C13H14BrN/c14-10-12-6-7-15-13(9-12)8-11-4-2-1-3-5-11/h1-6H,7-10H2. The Kier molecular flexibility index (Phi) is 3.73. The molecular formula is C13H14BrN. The molecule has 0 saturated carbocycles. The molecule has 0 unspecified atom stereocenters. The number of allylic oxidation sites excluding steroid dienone is 1. The highest BCUT2D eigenvalue weighted by Gasteiger charge is 2.07. The van der Waals surface area contributed by atoms with Gasteiger partial charge in [-0.05, 0) is 5.56 Å². The normalized spacial score (nSPS) is 15.8. The average Bonchev–Trinajstić information content (AvgIpc) is 2.31. The van der Waals surface area contributed by atoms with Gasteiger partial charge in [0.05, 0.1) is 6.54 Å². The number of rotatable bonds is 3. The number of dihydropyridines is 1. The third-order valence-corrected chi connectivity index (χ3v) is 3.27. The molecule has 0 atom stereocenters. The van der Waals surface area contributed by atoms with Gasteiger partial charge in [0.2, 0.25) is 0 Å². The van der Waals surface area contributed by atoms with Crippen molar-refractivity contribution in [2.75, 3.05) is 11.9 Å². The van der Waals surface area contributed by atoms with Crippen molar-refractivity contribution in [1.82, 2.24) is 0 Å². The van der Waals surface area contributed by atoms with Crippen LogP contribution in [0.15, 0.2) is 47.0 Å². The van der Waals surface area contributed by atoms with Crippen molar-refractivity contribution >= 4 is 21.6 Å². The van der Waals surface area contributed by atoms with Crippen molar-refractivity contribution in [3.8, 4) is 0 Å². The lowest BCUT2D eigenvalue weighted by Gasteiger charge is -2.12. The molecule has 1 heterocycles. The smallest absolute Gasteiger partial charge is 0.0572 e. The number of benzene rings is 1. The van der Waals surface area contributed by atoms with E-state index in [0.29, 0.717) is 0 Å². The molecule has 0 aromatic heterocycles. The van der Waals surface area contributed by atoms with Gasteiger partial charge in [0, 0.05) is 23.9 Å². The van der Waals surface area contributed by atoms with Gasteiger partial charge in [-0.1, -0.05) is 57.9 Å². The third kappa shape index (κ3) is 3.03. The minimum absolute atomic E-state index is 0.850. The molecule has 0 amide bonds. The van der Waals surface area contributed by atoms with Crippen LogP contribution < -0.4 is 0 Å². The number of alkyl halides is 1. The van der Waals surface area contributed by atoms with Crippen molar-refractivity contribution in [1.29, 1.82) is 0 Å².